The molecule has 0 unspecified atom stereocenters. The topological polar surface area (TPSA) is 36.9 Å². The third-order valence-electron chi connectivity index (χ3n) is 5.18. The van der Waals surface area contributed by atoms with Crippen LogP contribution in [0.25, 0.3) is 10.9 Å². The summed E-state index contributed by atoms with van der Waals surface area (Å²) >= 11 is 0. The molecule has 1 aliphatic heterocycles. The monoisotopic (exact) mass is 362 g/mol. The maximum Gasteiger partial charge on any atom is 0.123 e. The summed E-state index contributed by atoms with van der Waals surface area (Å²) in [5, 5.41) is 5.27. The molecule has 0 aliphatic carbocycles. The number of fused-ring (bicyclic) bond motifs is 1. The number of piperidine rings is 1. The van der Waals surface area contributed by atoms with E-state index in [9.17, 15) is 4.39 Å². The van der Waals surface area contributed by atoms with Crippen LogP contribution >= 0.6 is 12.4 Å². The van der Waals surface area contributed by atoms with Gasteiger partial charge in [0.25, 0.3) is 0 Å². The highest BCUT2D eigenvalue weighted by molar-refractivity contribution is 5.85. The van der Waals surface area contributed by atoms with E-state index in [0.29, 0.717) is 5.92 Å². The van der Waals surface area contributed by atoms with Crippen molar-refractivity contribution in [3.05, 3.63) is 53.7 Å². The van der Waals surface area contributed by atoms with Crippen molar-refractivity contribution in [2.75, 3.05) is 19.6 Å². The molecule has 0 amide bonds. The van der Waals surface area contributed by atoms with E-state index in [1.807, 2.05) is 24.0 Å². The summed E-state index contributed by atoms with van der Waals surface area (Å²) in [6, 6.07) is 5.01. The first kappa shape index (κ1) is 18.0. The lowest BCUT2D eigenvalue weighted by Gasteiger charge is -2.31. The van der Waals surface area contributed by atoms with Crippen molar-refractivity contribution < 1.29 is 4.39 Å². The summed E-state index contributed by atoms with van der Waals surface area (Å²) in [6.07, 6.45) is 9.43. The molecule has 0 spiro atoms. The fraction of sp³-hybridized carbons (Fsp3) is 0.421. The standard InChI is InChI=1S/C19H23FN4.ClH/c1-23-13-14(11-22-23)4-7-24-8-5-15(6-9-24)18-12-21-19-3-2-16(20)10-17(18)19;/h2-3,10-13,15,21H,4-9H2,1H3;1H. The van der Waals surface area contributed by atoms with Gasteiger partial charge < -0.3 is 9.88 Å². The van der Waals surface area contributed by atoms with Gasteiger partial charge in [-0.3, -0.25) is 4.68 Å². The number of hydrogen-bond donors (Lipinski definition) is 1. The van der Waals surface area contributed by atoms with Crippen LogP contribution in [-0.2, 0) is 13.5 Å². The summed E-state index contributed by atoms with van der Waals surface area (Å²) in [5.41, 5.74) is 3.61. The lowest BCUT2D eigenvalue weighted by molar-refractivity contribution is 0.215. The van der Waals surface area contributed by atoms with Gasteiger partial charge in [-0.25, -0.2) is 4.39 Å². The summed E-state index contributed by atoms with van der Waals surface area (Å²) in [6.45, 7) is 3.29. The van der Waals surface area contributed by atoms with Crippen LogP contribution in [-0.4, -0.2) is 39.3 Å². The first-order valence-electron chi connectivity index (χ1n) is 8.65. The number of aromatic nitrogens is 3. The van der Waals surface area contributed by atoms with E-state index in [0.717, 1.165) is 49.8 Å². The maximum absolute atomic E-state index is 13.6. The molecule has 0 atom stereocenters. The van der Waals surface area contributed by atoms with Gasteiger partial charge in [-0.05, 0) is 67.6 Å². The quantitative estimate of drug-likeness (QED) is 0.764. The van der Waals surface area contributed by atoms with E-state index in [2.05, 4.69) is 27.4 Å². The van der Waals surface area contributed by atoms with E-state index in [1.54, 1.807) is 6.07 Å². The normalized spacial score (nSPS) is 16.2. The van der Waals surface area contributed by atoms with E-state index in [1.165, 1.54) is 17.2 Å². The van der Waals surface area contributed by atoms with E-state index >= 15 is 0 Å². The van der Waals surface area contributed by atoms with Gasteiger partial charge in [-0.1, -0.05) is 0 Å². The molecular formula is C19H24ClFN4. The summed E-state index contributed by atoms with van der Waals surface area (Å²) in [7, 11) is 1.96. The van der Waals surface area contributed by atoms with Crippen molar-refractivity contribution in [2.45, 2.75) is 25.2 Å². The largest absolute Gasteiger partial charge is 0.361 e. The molecule has 3 heterocycles. The summed E-state index contributed by atoms with van der Waals surface area (Å²) in [5.74, 6) is 0.368. The number of likely N-dealkylation sites (tertiary alicyclic amines) is 1. The van der Waals surface area contributed by atoms with E-state index < -0.39 is 0 Å². The number of H-pyrrole nitrogens is 1. The Morgan fingerprint density at radius 1 is 1.28 bits per heavy atom. The Morgan fingerprint density at radius 2 is 2.08 bits per heavy atom. The minimum Gasteiger partial charge on any atom is -0.361 e. The molecule has 6 heteroatoms. The van der Waals surface area contributed by atoms with Crippen LogP contribution in [0.4, 0.5) is 4.39 Å². The van der Waals surface area contributed by atoms with Crippen LogP contribution in [0.15, 0.2) is 36.8 Å². The second-order valence-electron chi connectivity index (χ2n) is 6.82. The molecule has 1 fully saturated rings. The summed E-state index contributed by atoms with van der Waals surface area (Å²) < 4.78 is 15.4. The lowest BCUT2D eigenvalue weighted by Crippen LogP contribution is -2.34. The highest BCUT2D eigenvalue weighted by Gasteiger charge is 2.22. The van der Waals surface area contributed by atoms with Crippen LogP contribution in [0.3, 0.4) is 0 Å². The van der Waals surface area contributed by atoms with Crippen molar-refractivity contribution in [3.63, 3.8) is 0 Å². The Hall–Kier alpha value is -1.85. The van der Waals surface area contributed by atoms with E-state index in [-0.39, 0.29) is 18.2 Å². The average molecular weight is 363 g/mol. The fourth-order valence-corrected chi connectivity index (χ4v) is 3.81. The summed E-state index contributed by atoms with van der Waals surface area (Å²) in [4.78, 5) is 5.81. The molecule has 4 nitrogen and oxygen atoms in total. The van der Waals surface area contributed by atoms with Gasteiger partial charge in [0.1, 0.15) is 5.82 Å². The minimum absolute atomic E-state index is 0. The number of benzene rings is 1. The Balaban J connectivity index is 0.00000182. The van der Waals surface area contributed by atoms with Crippen LogP contribution in [0, 0.1) is 5.82 Å². The number of nitrogens with zero attached hydrogens (tertiary/aromatic N) is 3. The Bertz CT molecular complexity index is 833. The third kappa shape index (κ3) is 3.88. The number of rotatable bonds is 4. The number of hydrogen-bond acceptors (Lipinski definition) is 2. The molecular weight excluding hydrogens is 339 g/mol. The SMILES string of the molecule is Cl.Cn1cc(CCN2CCC(c3c[nH]c4ccc(F)cc34)CC2)cn1. The molecule has 0 radical (unpaired) electrons. The second-order valence-corrected chi connectivity index (χ2v) is 6.82. The Kier molecular flexibility index (Phi) is 5.45. The molecule has 134 valence electrons. The van der Waals surface area contributed by atoms with Crippen molar-refractivity contribution in [1.29, 1.82) is 0 Å². The number of nitrogens with one attached hydrogen (secondary N) is 1. The van der Waals surface area contributed by atoms with Gasteiger partial charge in [0, 0.05) is 36.9 Å². The van der Waals surface area contributed by atoms with Crippen LogP contribution < -0.4 is 0 Å². The predicted octanol–water partition coefficient (Wildman–Crippen LogP) is 3.88. The van der Waals surface area contributed by atoms with Gasteiger partial charge in [-0.15, -0.1) is 12.4 Å². The molecule has 2 aromatic heterocycles. The van der Waals surface area contributed by atoms with Crippen LogP contribution in [0.1, 0.15) is 29.9 Å². The number of aryl methyl sites for hydroxylation is 1. The van der Waals surface area contributed by atoms with Gasteiger partial charge in [0.15, 0.2) is 0 Å². The zero-order chi connectivity index (χ0) is 16.5. The van der Waals surface area contributed by atoms with Crippen molar-refractivity contribution in [3.8, 4) is 0 Å². The lowest BCUT2D eigenvalue weighted by atomic mass is 9.89. The molecule has 25 heavy (non-hydrogen) atoms. The molecule has 4 rings (SSSR count). The maximum atomic E-state index is 13.6. The highest BCUT2D eigenvalue weighted by atomic mass is 35.5. The van der Waals surface area contributed by atoms with Crippen LogP contribution in [0.5, 0.6) is 0 Å². The highest BCUT2D eigenvalue weighted by Crippen LogP contribution is 2.33. The van der Waals surface area contributed by atoms with E-state index in [4.69, 9.17) is 0 Å². The van der Waals surface area contributed by atoms with Crippen molar-refractivity contribution >= 4 is 23.3 Å². The predicted molar refractivity (Wildman–Crippen MR) is 101 cm³/mol. The van der Waals surface area contributed by atoms with Gasteiger partial charge in [0.2, 0.25) is 0 Å². The zero-order valence-corrected chi connectivity index (χ0v) is 15.2. The number of halogens is 2. The third-order valence-corrected chi connectivity index (χ3v) is 5.18. The fourth-order valence-electron chi connectivity index (χ4n) is 3.81. The molecule has 3 aromatic rings. The zero-order valence-electron chi connectivity index (χ0n) is 14.4. The molecule has 1 aromatic carbocycles. The number of aromatic amines is 1. The Labute approximate surface area is 153 Å². The first-order valence-corrected chi connectivity index (χ1v) is 8.65. The molecule has 0 bridgehead atoms. The minimum atomic E-state index is -0.155. The van der Waals surface area contributed by atoms with Crippen LogP contribution in [0.2, 0.25) is 0 Å². The smallest absolute Gasteiger partial charge is 0.123 e. The van der Waals surface area contributed by atoms with Gasteiger partial charge >= 0.3 is 0 Å². The van der Waals surface area contributed by atoms with Gasteiger partial charge in [0.05, 0.1) is 6.20 Å². The first-order chi connectivity index (χ1) is 11.7. The van der Waals surface area contributed by atoms with Gasteiger partial charge in [-0.2, -0.15) is 5.10 Å². The Morgan fingerprint density at radius 3 is 2.80 bits per heavy atom. The second kappa shape index (κ2) is 7.58. The molecule has 0 saturated carbocycles. The molecule has 1 aliphatic rings. The molecule has 1 saturated heterocycles. The molecule has 1 N–H and O–H groups in total. The van der Waals surface area contributed by atoms with Crippen molar-refractivity contribution in [1.82, 2.24) is 19.7 Å². The van der Waals surface area contributed by atoms with Crippen molar-refractivity contribution in [2.24, 2.45) is 7.05 Å². The average Bonchev–Trinajstić information content (AvgIpc) is 3.19.